The summed E-state index contributed by atoms with van der Waals surface area (Å²) in [5, 5.41) is 4.25. The van der Waals surface area contributed by atoms with Crippen molar-refractivity contribution in [2.75, 3.05) is 6.61 Å². The third kappa shape index (κ3) is 4.35. The van der Waals surface area contributed by atoms with Gasteiger partial charge in [-0.15, -0.1) is 11.3 Å². The molecule has 0 radical (unpaired) electrons. The molecule has 4 nitrogen and oxygen atoms in total. The van der Waals surface area contributed by atoms with E-state index in [0.29, 0.717) is 4.88 Å². The lowest BCUT2D eigenvalue weighted by molar-refractivity contribution is -0.124. The van der Waals surface area contributed by atoms with Crippen LogP contribution in [0.25, 0.3) is 0 Å². The maximum atomic E-state index is 13.6. The first-order chi connectivity index (χ1) is 10.9. The van der Waals surface area contributed by atoms with Crippen LogP contribution in [-0.2, 0) is 9.53 Å². The molecule has 122 valence electrons. The number of benzene rings is 1. The molecular formula is C16H15F2NO3S. The Morgan fingerprint density at radius 3 is 2.65 bits per heavy atom. The van der Waals surface area contributed by atoms with Gasteiger partial charge in [0, 0.05) is 11.6 Å². The molecule has 0 bridgehead atoms. The molecule has 1 aromatic heterocycles. The number of carbonyl (C=O) groups excluding carboxylic acids is 2. The second-order valence-electron chi connectivity index (χ2n) is 4.96. The Kier molecular flexibility index (Phi) is 5.44. The molecular weight excluding hydrogens is 324 g/mol. The molecule has 1 heterocycles. The molecule has 0 spiro atoms. The summed E-state index contributed by atoms with van der Waals surface area (Å²) < 4.78 is 31.4. The fraction of sp³-hybridized carbons (Fsp3) is 0.250. The van der Waals surface area contributed by atoms with E-state index < -0.39 is 36.2 Å². The van der Waals surface area contributed by atoms with Crippen molar-refractivity contribution in [2.45, 2.75) is 19.9 Å². The minimum atomic E-state index is -0.746. The zero-order valence-electron chi connectivity index (χ0n) is 12.6. The van der Waals surface area contributed by atoms with E-state index >= 15 is 0 Å². The van der Waals surface area contributed by atoms with E-state index in [2.05, 4.69) is 5.32 Å². The van der Waals surface area contributed by atoms with Crippen molar-refractivity contribution in [1.29, 1.82) is 0 Å². The van der Waals surface area contributed by atoms with Crippen LogP contribution in [0.2, 0.25) is 0 Å². The number of carbonyl (C=O) groups is 2. The van der Waals surface area contributed by atoms with E-state index in [1.165, 1.54) is 17.4 Å². The number of hydrogen-bond acceptors (Lipinski definition) is 4. The predicted octanol–water partition coefficient (Wildman–Crippen LogP) is 3.37. The zero-order chi connectivity index (χ0) is 17.0. The quantitative estimate of drug-likeness (QED) is 0.850. The minimum Gasteiger partial charge on any atom is -0.451 e. The third-order valence-corrected chi connectivity index (χ3v) is 4.18. The molecule has 1 aromatic carbocycles. The predicted molar refractivity (Wildman–Crippen MR) is 82.3 cm³/mol. The van der Waals surface area contributed by atoms with Gasteiger partial charge in [-0.05, 0) is 36.9 Å². The van der Waals surface area contributed by atoms with Gasteiger partial charge in [0.05, 0.1) is 6.04 Å². The fourth-order valence-electron chi connectivity index (χ4n) is 1.99. The first-order valence-electron chi connectivity index (χ1n) is 6.84. The molecule has 0 aliphatic carbocycles. The average Bonchev–Trinajstić information content (AvgIpc) is 2.90. The van der Waals surface area contributed by atoms with Gasteiger partial charge in [-0.3, -0.25) is 4.79 Å². The summed E-state index contributed by atoms with van der Waals surface area (Å²) in [7, 11) is 0. The van der Waals surface area contributed by atoms with Crippen LogP contribution in [0.3, 0.4) is 0 Å². The highest BCUT2D eigenvalue weighted by Crippen LogP contribution is 2.18. The van der Waals surface area contributed by atoms with Crippen LogP contribution in [0, 0.1) is 18.6 Å². The Morgan fingerprint density at radius 1 is 1.30 bits per heavy atom. The number of thiophene rings is 1. The number of amides is 1. The van der Waals surface area contributed by atoms with Gasteiger partial charge in [0.1, 0.15) is 16.5 Å². The Bertz CT molecular complexity index is 730. The van der Waals surface area contributed by atoms with Crippen LogP contribution in [0.4, 0.5) is 8.78 Å². The SMILES string of the molecule is Cc1ccsc1C(=O)OCC(=O)N[C@H](C)c1ccc(F)cc1F. The van der Waals surface area contributed by atoms with Crippen LogP contribution >= 0.6 is 11.3 Å². The summed E-state index contributed by atoms with van der Waals surface area (Å²) in [5.74, 6) is -2.58. The Balaban J connectivity index is 1.89. The molecule has 2 aromatic rings. The topological polar surface area (TPSA) is 55.4 Å². The zero-order valence-corrected chi connectivity index (χ0v) is 13.4. The van der Waals surface area contributed by atoms with E-state index in [1.54, 1.807) is 25.3 Å². The van der Waals surface area contributed by atoms with Crippen molar-refractivity contribution >= 4 is 23.2 Å². The van der Waals surface area contributed by atoms with E-state index in [4.69, 9.17) is 4.74 Å². The normalized spacial score (nSPS) is 11.8. The van der Waals surface area contributed by atoms with E-state index in [-0.39, 0.29) is 5.56 Å². The molecule has 0 aliphatic heterocycles. The molecule has 1 amide bonds. The van der Waals surface area contributed by atoms with Crippen LogP contribution in [0.1, 0.15) is 33.8 Å². The van der Waals surface area contributed by atoms with Gasteiger partial charge in [0.25, 0.3) is 5.91 Å². The second-order valence-corrected chi connectivity index (χ2v) is 5.88. The first kappa shape index (κ1) is 17.1. The lowest BCUT2D eigenvalue weighted by Crippen LogP contribution is -2.31. The van der Waals surface area contributed by atoms with E-state index in [1.807, 2.05) is 0 Å². The molecule has 0 fully saturated rings. The smallest absolute Gasteiger partial charge is 0.349 e. The van der Waals surface area contributed by atoms with Crippen molar-refractivity contribution < 1.29 is 23.1 Å². The number of aryl methyl sites for hydroxylation is 1. The third-order valence-electron chi connectivity index (χ3n) is 3.19. The van der Waals surface area contributed by atoms with Gasteiger partial charge in [0.15, 0.2) is 6.61 Å². The van der Waals surface area contributed by atoms with Crippen LogP contribution in [-0.4, -0.2) is 18.5 Å². The largest absolute Gasteiger partial charge is 0.451 e. The minimum absolute atomic E-state index is 0.153. The Morgan fingerprint density at radius 2 is 2.04 bits per heavy atom. The van der Waals surface area contributed by atoms with Crippen LogP contribution in [0.15, 0.2) is 29.6 Å². The van der Waals surface area contributed by atoms with Crippen molar-refractivity contribution in [3.63, 3.8) is 0 Å². The average molecular weight is 339 g/mol. The number of nitrogens with one attached hydrogen (secondary N) is 1. The summed E-state index contributed by atoms with van der Waals surface area (Å²) in [6.45, 7) is 2.86. The highest BCUT2D eigenvalue weighted by Gasteiger charge is 2.17. The van der Waals surface area contributed by atoms with Gasteiger partial charge in [-0.2, -0.15) is 0 Å². The number of ether oxygens (including phenoxy) is 1. The molecule has 7 heteroatoms. The maximum Gasteiger partial charge on any atom is 0.349 e. The molecule has 0 saturated heterocycles. The van der Waals surface area contributed by atoms with Crippen LogP contribution in [0.5, 0.6) is 0 Å². The summed E-state index contributed by atoms with van der Waals surface area (Å²) in [6, 6.07) is 4.22. The second kappa shape index (κ2) is 7.32. The number of hydrogen-bond donors (Lipinski definition) is 1. The van der Waals surface area contributed by atoms with Crippen molar-refractivity contribution in [3.8, 4) is 0 Å². The van der Waals surface area contributed by atoms with Gasteiger partial charge in [-0.1, -0.05) is 6.07 Å². The molecule has 0 unspecified atom stereocenters. The van der Waals surface area contributed by atoms with Gasteiger partial charge < -0.3 is 10.1 Å². The van der Waals surface area contributed by atoms with Crippen molar-refractivity contribution in [2.24, 2.45) is 0 Å². The lowest BCUT2D eigenvalue weighted by atomic mass is 10.1. The highest BCUT2D eigenvalue weighted by molar-refractivity contribution is 7.12. The van der Waals surface area contributed by atoms with Gasteiger partial charge in [0.2, 0.25) is 0 Å². The first-order valence-corrected chi connectivity index (χ1v) is 7.72. The van der Waals surface area contributed by atoms with Gasteiger partial charge in [-0.25, -0.2) is 13.6 Å². The standard InChI is InChI=1S/C16H15F2NO3S/c1-9-5-6-23-15(9)16(21)22-8-14(20)19-10(2)12-4-3-11(17)7-13(12)18/h3-7,10H,8H2,1-2H3,(H,19,20)/t10-/m1/s1. The number of halogens is 2. The number of esters is 1. The molecule has 0 aliphatic rings. The summed E-state index contributed by atoms with van der Waals surface area (Å²) >= 11 is 1.23. The Labute approximate surface area is 136 Å². The molecule has 2 rings (SSSR count). The molecule has 23 heavy (non-hydrogen) atoms. The van der Waals surface area contributed by atoms with E-state index in [9.17, 15) is 18.4 Å². The molecule has 0 saturated carbocycles. The number of rotatable bonds is 5. The molecule has 1 atom stereocenters. The summed E-state index contributed by atoms with van der Waals surface area (Å²) in [5.41, 5.74) is 0.933. The van der Waals surface area contributed by atoms with Crippen molar-refractivity contribution in [1.82, 2.24) is 5.32 Å². The van der Waals surface area contributed by atoms with E-state index in [0.717, 1.165) is 17.7 Å². The van der Waals surface area contributed by atoms with Crippen molar-refractivity contribution in [3.05, 3.63) is 57.3 Å². The highest BCUT2D eigenvalue weighted by atomic mass is 32.1. The lowest BCUT2D eigenvalue weighted by Gasteiger charge is -2.15. The van der Waals surface area contributed by atoms with Crippen LogP contribution < -0.4 is 5.32 Å². The summed E-state index contributed by atoms with van der Waals surface area (Å²) in [6.07, 6.45) is 0. The Hall–Kier alpha value is -2.28. The molecule has 1 N–H and O–H groups in total. The monoisotopic (exact) mass is 339 g/mol. The fourth-order valence-corrected chi connectivity index (χ4v) is 2.81. The maximum absolute atomic E-state index is 13.6. The summed E-state index contributed by atoms with van der Waals surface area (Å²) in [4.78, 5) is 24.0. The van der Waals surface area contributed by atoms with Gasteiger partial charge >= 0.3 is 5.97 Å².